The van der Waals surface area contributed by atoms with Gasteiger partial charge in [0.25, 0.3) is 0 Å². The standard InChI is InChI=1S/C22H24ClFN4O2/c1-3-12-28(13-20(29)25-15(2)16-8-10-17(24)11-9-16)14-21-26-27-22(30-21)18-6-4-5-7-19(18)23/h4-11,15H,3,12-14H2,1-2H3,(H,25,29). The van der Waals surface area contributed by atoms with Gasteiger partial charge >= 0.3 is 0 Å². The van der Waals surface area contributed by atoms with Crippen LogP contribution in [0.15, 0.2) is 52.9 Å². The van der Waals surface area contributed by atoms with E-state index in [9.17, 15) is 9.18 Å². The predicted molar refractivity (Wildman–Crippen MR) is 113 cm³/mol. The summed E-state index contributed by atoms with van der Waals surface area (Å²) in [5.41, 5.74) is 1.51. The lowest BCUT2D eigenvalue weighted by atomic mass is 10.1. The van der Waals surface area contributed by atoms with Gasteiger partial charge in [0.15, 0.2) is 0 Å². The van der Waals surface area contributed by atoms with Crippen LogP contribution >= 0.6 is 11.6 Å². The molecule has 1 unspecified atom stereocenters. The van der Waals surface area contributed by atoms with E-state index in [2.05, 4.69) is 15.5 Å². The molecule has 0 saturated heterocycles. The zero-order valence-electron chi connectivity index (χ0n) is 16.9. The minimum atomic E-state index is -0.304. The van der Waals surface area contributed by atoms with Crippen LogP contribution in [0.25, 0.3) is 11.5 Å². The van der Waals surface area contributed by atoms with Crippen molar-refractivity contribution in [2.24, 2.45) is 0 Å². The van der Waals surface area contributed by atoms with Crippen LogP contribution < -0.4 is 5.32 Å². The summed E-state index contributed by atoms with van der Waals surface area (Å²) in [5, 5.41) is 11.6. The number of benzene rings is 2. The van der Waals surface area contributed by atoms with Crippen molar-refractivity contribution in [3.8, 4) is 11.5 Å². The zero-order chi connectivity index (χ0) is 21.5. The first kappa shape index (κ1) is 21.9. The Morgan fingerprint density at radius 3 is 2.63 bits per heavy atom. The van der Waals surface area contributed by atoms with E-state index < -0.39 is 0 Å². The maximum atomic E-state index is 13.1. The van der Waals surface area contributed by atoms with Gasteiger partial charge in [-0.25, -0.2) is 4.39 Å². The van der Waals surface area contributed by atoms with Gasteiger partial charge in [-0.05, 0) is 49.7 Å². The maximum Gasteiger partial charge on any atom is 0.249 e. The van der Waals surface area contributed by atoms with Gasteiger partial charge in [0.2, 0.25) is 17.7 Å². The smallest absolute Gasteiger partial charge is 0.249 e. The Kier molecular flexibility index (Phi) is 7.54. The molecular weight excluding hydrogens is 407 g/mol. The van der Waals surface area contributed by atoms with E-state index in [-0.39, 0.29) is 24.3 Å². The average molecular weight is 431 g/mol. The average Bonchev–Trinajstić information content (AvgIpc) is 3.17. The summed E-state index contributed by atoms with van der Waals surface area (Å²) < 4.78 is 18.8. The third-order valence-electron chi connectivity index (χ3n) is 4.58. The van der Waals surface area contributed by atoms with Gasteiger partial charge in [-0.2, -0.15) is 0 Å². The van der Waals surface area contributed by atoms with E-state index in [4.69, 9.17) is 16.0 Å². The number of halogens is 2. The lowest BCUT2D eigenvalue weighted by Crippen LogP contribution is -2.38. The summed E-state index contributed by atoms with van der Waals surface area (Å²) in [4.78, 5) is 14.5. The largest absolute Gasteiger partial charge is 0.419 e. The monoisotopic (exact) mass is 430 g/mol. The van der Waals surface area contributed by atoms with Gasteiger partial charge in [-0.15, -0.1) is 10.2 Å². The molecule has 0 bridgehead atoms. The van der Waals surface area contributed by atoms with Crippen LogP contribution in [-0.2, 0) is 11.3 Å². The Morgan fingerprint density at radius 2 is 1.93 bits per heavy atom. The Balaban J connectivity index is 1.61. The van der Waals surface area contributed by atoms with E-state index >= 15 is 0 Å². The number of amides is 1. The molecule has 0 radical (unpaired) electrons. The molecule has 0 aliphatic rings. The molecule has 8 heteroatoms. The van der Waals surface area contributed by atoms with E-state index in [0.29, 0.717) is 35.5 Å². The normalized spacial score (nSPS) is 12.2. The highest BCUT2D eigenvalue weighted by molar-refractivity contribution is 6.33. The van der Waals surface area contributed by atoms with Crippen LogP contribution in [0.1, 0.15) is 37.8 Å². The lowest BCUT2D eigenvalue weighted by Gasteiger charge is -2.21. The van der Waals surface area contributed by atoms with E-state index in [1.165, 1.54) is 12.1 Å². The Bertz CT molecular complexity index is 977. The molecule has 1 heterocycles. The van der Waals surface area contributed by atoms with Crippen molar-refractivity contribution in [2.75, 3.05) is 13.1 Å². The molecule has 0 fully saturated rings. The van der Waals surface area contributed by atoms with Gasteiger partial charge in [-0.3, -0.25) is 9.69 Å². The van der Waals surface area contributed by atoms with Gasteiger partial charge in [0.05, 0.1) is 29.7 Å². The molecule has 0 aliphatic carbocycles. The number of carbonyl (C=O) groups is 1. The number of aromatic nitrogens is 2. The highest BCUT2D eigenvalue weighted by Crippen LogP contribution is 2.26. The Morgan fingerprint density at radius 1 is 1.20 bits per heavy atom. The van der Waals surface area contributed by atoms with Crippen LogP contribution in [0.2, 0.25) is 5.02 Å². The molecule has 0 aliphatic heterocycles. The van der Waals surface area contributed by atoms with Gasteiger partial charge < -0.3 is 9.73 Å². The minimum absolute atomic E-state index is 0.133. The van der Waals surface area contributed by atoms with Gasteiger partial charge in [-0.1, -0.05) is 42.8 Å². The SMILES string of the molecule is CCCN(CC(=O)NC(C)c1ccc(F)cc1)Cc1nnc(-c2ccccc2Cl)o1. The molecule has 158 valence electrons. The summed E-state index contributed by atoms with van der Waals surface area (Å²) in [6, 6.07) is 13.1. The molecule has 2 aromatic carbocycles. The molecule has 1 N–H and O–H groups in total. The molecule has 0 spiro atoms. The topological polar surface area (TPSA) is 71.3 Å². The van der Waals surface area contributed by atoms with Crippen molar-refractivity contribution < 1.29 is 13.6 Å². The number of carbonyl (C=O) groups excluding carboxylic acids is 1. The first-order valence-electron chi connectivity index (χ1n) is 9.80. The number of rotatable bonds is 9. The van der Waals surface area contributed by atoms with E-state index in [1.807, 2.05) is 36.9 Å². The van der Waals surface area contributed by atoms with Crippen molar-refractivity contribution >= 4 is 17.5 Å². The fourth-order valence-corrected chi connectivity index (χ4v) is 3.32. The molecule has 30 heavy (non-hydrogen) atoms. The van der Waals surface area contributed by atoms with Gasteiger partial charge in [0.1, 0.15) is 5.82 Å². The number of hydrogen-bond donors (Lipinski definition) is 1. The van der Waals surface area contributed by atoms with Crippen molar-refractivity contribution in [3.63, 3.8) is 0 Å². The third-order valence-corrected chi connectivity index (χ3v) is 4.91. The van der Waals surface area contributed by atoms with Crippen molar-refractivity contribution in [2.45, 2.75) is 32.9 Å². The molecule has 1 atom stereocenters. The second-order valence-corrected chi connectivity index (χ2v) is 7.44. The molecule has 6 nitrogen and oxygen atoms in total. The Hall–Kier alpha value is -2.77. The summed E-state index contributed by atoms with van der Waals surface area (Å²) in [7, 11) is 0. The maximum absolute atomic E-state index is 13.1. The fourth-order valence-electron chi connectivity index (χ4n) is 3.11. The van der Waals surface area contributed by atoms with Crippen molar-refractivity contribution in [1.29, 1.82) is 0 Å². The number of nitrogens with zero attached hydrogens (tertiary/aromatic N) is 3. The quantitative estimate of drug-likeness (QED) is 0.536. The molecule has 0 saturated carbocycles. The number of hydrogen-bond acceptors (Lipinski definition) is 5. The minimum Gasteiger partial charge on any atom is -0.419 e. The highest BCUT2D eigenvalue weighted by atomic mass is 35.5. The van der Waals surface area contributed by atoms with Crippen LogP contribution in [0.4, 0.5) is 4.39 Å². The zero-order valence-corrected chi connectivity index (χ0v) is 17.7. The van der Waals surface area contributed by atoms with Gasteiger partial charge in [0, 0.05) is 0 Å². The summed E-state index contributed by atoms with van der Waals surface area (Å²) in [6.07, 6.45) is 0.867. The van der Waals surface area contributed by atoms with E-state index in [1.54, 1.807) is 18.2 Å². The highest BCUT2D eigenvalue weighted by Gasteiger charge is 2.18. The second kappa shape index (κ2) is 10.3. The molecule has 3 aromatic rings. The van der Waals surface area contributed by atoms with Crippen LogP contribution in [0.5, 0.6) is 0 Å². The summed E-state index contributed by atoms with van der Waals surface area (Å²) in [5.74, 6) is 0.326. The summed E-state index contributed by atoms with van der Waals surface area (Å²) >= 11 is 6.19. The van der Waals surface area contributed by atoms with Crippen LogP contribution in [0, 0.1) is 5.82 Å². The summed E-state index contributed by atoms with van der Waals surface area (Å²) in [6.45, 7) is 5.13. The van der Waals surface area contributed by atoms with Crippen LogP contribution in [-0.4, -0.2) is 34.1 Å². The third kappa shape index (κ3) is 5.87. The number of nitrogens with one attached hydrogen (secondary N) is 1. The van der Waals surface area contributed by atoms with Crippen molar-refractivity contribution in [3.05, 3.63) is 70.8 Å². The van der Waals surface area contributed by atoms with Crippen molar-refractivity contribution in [1.82, 2.24) is 20.4 Å². The lowest BCUT2D eigenvalue weighted by molar-refractivity contribution is -0.123. The predicted octanol–water partition coefficient (Wildman–Crippen LogP) is 4.62. The first-order valence-corrected chi connectivity index (χ1v) is 10.2. The van der Waals surface area contributed by atoms with E-state index in [0.717, 1.165) is 12.0 Å². The Labute approximate surface area is 180 Å². The molecule has 1 amide bonds. The molecular formula is C22H24ClFN4O2. The van der Waals surface area contributed by atoms with Crippen LogP contribution in [0.3, 0.4) is 0 Å². The molecule has 1 aromatic heterocycles. The fraction of sp³-hybridized carbons (Fsp3) is 0.318. The first-order chi connectivity index (χ1) is 14.5. The second-order valence-electron chi connectivity index (χ2n) is 7.03. The molecule has 3 rings (SSSR count).